The first-order valence-corrected chi connectivity index (χ1v) is 22.8. The van der Waals surface area contributed by atoms with E-state index in [-0.39, 0.29) is 71.2 Å². The molecule has 308 valence electrons. The van der Waals surface area contributed by atoms with E-state index in [1.165, 1.54) is 76.0 Å². The summed E-state index contributed by atoms with van der Waals surface area (Å²) in [6.07, 6.45) is 18.6. The standard InChI is InChI=1S/2C22H30O5S.Ca/c2*1-2-3-4-5-6-7-8-10-13-18-16-19(23)17-21(22(18)28(24,25)26)27-20-14-11-9-12-15-20;/h2*9,11-12,14-17,23H,2-8,10,13H2,1H3,(H,24,25,26);/q;;+2/p-2. The van der Waals surface area contributed by atoms with E-state index in [0.29, 0.717) is 29.9 Å². The summed E-state index contributed by atoms with van der Waals surface area (Å²) < 4.78 is 80.6. The van der Waals surface area contributed by atoms with Crippen LogP contribution >= 0.6 is 0 Å². The Morgan fingerprint density at radius 1 is 0.544 bits per heavy atom. The minimum Gasteiger partial charge on any atom is -0.872 e. The number of phenols is 1. The molecule has 0 heterocycles. The van der Waals surface area contributed by atoms with Crippen molar-refractivity contribution in [1.29, 1.82) is 0 Å². The summed E-state index contributed by atoms with van der Waals surface area (Å²) in [7, 11) is -9.27. The molecule has 0 radical (unpaired) electrons. The fourth-order valence-corrected chi connectivity index (χ4v) is 8.18. The SMILES string of the molecule is CCCCCCCCCCc1cc(O)cc(Oc2ccccc2)c1S(=O)(=O)O.CCCCCCCCCCc1cc([O-])cc(Oc2ccccc2)c1S(=O)(=O)[O-].[Ca+2]. The van der Waals surface area contributed by atoms with Gasteiger partial charge in [-0.05, 0) is 73.2 Å². The molecule has 0 aliphatic carbocycles. The van der Waals surface area contributed by atoms with Crippen LogP contribution in [-0.4, -0.2) is 68.8 Å². The Labute approximate surface area is 370 Å². The molecule has 0 atom stereocenters. The minimum absolute atomic E-state index is 0. The third-order valence-corrected chi connectivity index (χ3v) is 11.2. The zero-order valence-corrected chi connectivity index (χ0v) is 37.3. The Morgan fingerprint density at radius 3 is 1.33 bits per heavy atom. The van der Waals surface area contributed by atoms with Crippen LogP contribution in [0, 0.1) is 0 Å². The number of aromatic hydroxyl groups is 1. The fourth-order valence-electron chi connectivity index (χ4n) is 6.51. The van der Waals surface area contributed by atoms with E-state index in [1.54, 1.807) is 54.6 Å². The number of rotatable bonds is 24. The molecule has 0 bridgehead atoms. The maximum atomic E-state index is 12.0. The van der Waals surface area contributed by atoms with Gasteiger partial charge in [-0.2, -0.15) is 8.42 Å². The van der Waals surface area contributed by atoms with E-state index in [0.717, 1.165) is 51.0 Å². The van der Waals surface area contributed by atoms with Crippen LogP contribution in [0.15, 0.2) is 94.7 Å². The first kappa shape index (κ1) is 50.3. The van der Waals surface area contributed by atoms with Crippen LogP contribution in [0.2, 0.25) is 0 Å². The van der Waals surface area contributed by atoms with Crippen molar-refractivity contribution in [2.24, 2.45) is 0 Å². The first-order valence-electron chi connectivity index (χ1n) is 19.9. The Bertz CT molecular complexity index is 1810. The van der Waals surface area contributed by atoms with Crippen molar-refractivity contribution < 1.29 is 45.6 Å². The van der Waals surface area contributed by atoms with Crippen molar-refractivity contribution in [3.63, 3.8) is 0 Å². The Hall–Kier alpha value is -2.84. The number of aryl methyl sites for hydroxylation is 2. The van der Waals surface area contributed by atoms with Gasteiger partial charge in [0.1, 0.15) is 42.9 Å². The second kappa shape index (κ2) is 27.0. The maximum Gasteiger partial charge on any atom is 2.00 e. The van der Waals surface area contributed by atoms with Gasteiger partial charge in [0.05, 0.1) is 0 Å². The molecule has 2 N–H and O–H groups in total. The molecule has 0 saturated carbocycles. The zero-order valence-electron chi connectivity index (χ0n) is 33.5. The Morgan fingerprint density at radius 2 is 0.930 bits per heavy atom. The van der Waals surface area contributed by atoms with Gasteiger partial charge >= 0.3 is 37.7 Å². The van der Waals surface area contributed by atoms with Crippen LogP contribution in [0.25, 0.3) is 0 Å². The van der Waals surface area contributed by atoms with Crippen LogP contribution in [0.3, 0.4) is 0 Å². The second-order valence-corrected chi connectivity index (χ2v) is 16.7. The Kier molecular flexibility index (Phi) is 23.8. The number of benzene rings is 4. The monoisotopic (exact) mass is 850 g/mol. The molecule has 0 aliphatic rings. The van der Waals surface area contributed by atoms with Crippen molar-refractivity contribution in [2.75, 3.05) is 0 Å². The average molecular weight is 851 g/mol. The maximum absolute atomic E-state index is 12.0. The molecule has 0 saturated heterocycles. The molecule has 4 aromatic rings. The zero-order chi connectivity index (χ0) is 40.8. The predicted octanol–water partition coefficient (Wildman–Crippen LogP) is 10.9. The molecule has 0 aromatic heterocycles. The number of ether oxygens (including phenoxy) is 2. The second-order valence-electron chi connectivity index (χ2n) is 14.1. The van der Waals surface area contributed by atoms with Crippen LogP contribution in [0.4, 0.5) is 0 Å². The molecule has 4 aromatic carbocycles. The summed E-state index contributed by atoms with van der Waals surface area (Å²) in [6, 6.07) is 22.1. The molecular formula is C44H58CaO10S2. The molecule has 0 unspecified atom stereocenters. The van der Waals surface area contributed by atoms with Crippen LogP contribution in [-0.2, 0) is 33.1 Å². The first-order chi connectivity index (χ1) is 26.8. The van der Waals surface area contributed by atoms with E-state index in [9.17, 15) is 36.2 Å². The summed E-state index contributed by atoms with van der Waals surface area (Å²) in [6.45, 7) is 4.37. The quantitative estimate of drug-likeness (QED) is 0.0392. The van der Waals surface area contributed by atoms with E-state index in [1.807, 2.05) is 6.07 Å². The number of hydrogen-bond acceptors (Lipinski definition) is 9. The molecule has 10 nitrogen and oxygen atoms in total. The van der Waals surface area contributed by atoms with Gasteiger partial charge in [-0.1, -0.05) is 146 Å². The molecule has 13 heteroatoms. The van der Waals surface area contributed by atoms with Gasteiger partial charge in [0.2, 0.25) is 0 Å². The molecule has 0 amide bonds. The summed E-state index contributed by atoms with van der Waals surface area (Å²) in [5, 5.41) is 22.1. The van der Waals surface area contributed by atoms with E-state index in [4.69, 9.17) is 9.47 Å². The molecular weight excluding hydrogens is 793 g/mol. The molecule has 57 heavy (non-hydrogen) atoms. The van der Waals surface area contributed by atoms with Crippen molar-refractivity contribution in [3.8, 4) is 34.5 Å². The van der Waals surface area contributed by atoms with Crippen LogP contribution < -0.4 is 14.6 Å². The van der Waals surface area contributed by atoms with E-state index < -0.39 is 25.1 Å². The topological polar surface area (TPSA) is 173 Å². The van der Waals surface area contributed by atoms with Crippen LogP contribution in [0.1, 0.15) is 128 Å². The van der Waals surface area contributed by atoms with Crippen molar-refractivity contribution in [2.45, 2.75) is 139 Å². The predicted molar refractivity (Wildman–Crippen MR) is 223 cm³/mol. The van der Waals surface area contributed by atoms with E-state index in [2.05, 4.69) is 13.8 Å². The summed E-state index contributed by atoms with van der Waals surface area (Å²) in [5.41, 5.74) is 0.624. The van der Waals surface area contributed by atoms with Gasteiger partial charge in [-0.15, -0.1) is 5.75 Å². The summed E-state index contributed by atoms with van der Waals surface area (Å²) >= 11 is 0. The number of hydrogen-bond donors (Lipinski definition) is 2. The molecule has 0 aliphatic heterocycles. The van der Waals surface area contributed by atoms with Gasteiger partial charge in [0.15, 0.2) is 5.75 Å². The van der Waals surface area contributed by atoms with Crippen molar-refractivity contribution in [1.82, 2.24) is 0 Å². The fraction of sp³-hybridized carbons (Fsp3) is 0.455. The largest absolute Gasteiger partial charge is 2.00 e. The van der Waals surface area contributed by atoms with Gasteiger partial charge in [-0.25, -0.2) is 8.42 Å². The number of phenolic OH excluding ortho intramolecular Hbond substituents is 1. The minimum atomic E-state index is -4.77. The number of unbranched alkanes of at least 4 members (excludes halogenated alkanes) is 14. The third-order valence-electron chi connectivity index (χ3n) is 9.27. The molecule has 0 spiro atoms. The number of para-hydroxylation sites is 2. The van der Waals surface area contributed by atoms with Gasteiger partial charge < -0.3 is 24.2 Å². The van der Waals surface area contributed by atoms with Crippen molar-refractivity contribution >= 4 is 58.0 Å². The Balaban J connectivity index is 0.000000387. The molecule has 0 fully saturated rings. The van der Waals surface area contributed by atoms with Gasteiger partial charge in [0, 0.05) is 6.07 Å². The smallest absolute Gasteiger partial charge is 0.872 e. The third kappa shape index (κ3) is 19.2. The van der Waals surface area contributed by atoms with Gasteiger partial charge in [0.25, 0.3) is 10.1 Å². The summed E-state index contributed by atoms with van der Waals surface area (Å²) in [5.74, 6) is 0.0828. The van der Waals surface area contributed by atoms with Crippen molar-refractivity contribution in [3.05, 3.63) is 96.1 Å². The van der Waals surface area contributed by atoms with E-state index >= 15 is 0 Å². The normalized spacial score (nSPS) is 11.3. The van der Waals surface area contributed by atoms with Crippen LogP contribution in [0.5, 0.6) is 34.5 Å². The average Bonchev–Trinajstić information content (AvgIpc) is 3.13. The molecule has 4 rings (SSSR count). The van der Waals surface area contributed by atoms with Gasteiger partial charge in [-0.3, -0.25) is 4.55 Å². The summed E-state index contributed by atoms with van der Waals surface area (Å²) in [4.78, 5) is -0.684.